The summed E-state index contributed by atoms with van der Waals surface area (Å²) in [6.07, 6.45) is 0. The topological polar surface area (TPSA) is 113 Å². The summed E-state index contributed by atoms with van der Waals surface area (Å²) in [6, 6.07) is 11.5. The van der Waals surface area contributed by atoms with Gasteiger partial charge in [-0.05, 0) is 18.2 Å². The lowest BCUT2D eigenvalue weighted by Crippen LogP contribution is -2.53. The Balaban J connectivity index is 1.99. The molecule has 0 saturated heterocycles. The van der Waals surface area contributed by atoms with Crippen LogP contribution in [0.3, 0.4) is 0 Å². The number of nitrogens with zero attached hydrogens (tertiary/aromatic N) is 3. The third kappa shape index (κ3) is 3.44. The van der Waals surface area contributed by atoms with Gasteiger partial charge in [0.25, 0.3) is 0 Å². The van der Waals surface area contributed by atoms with Crippen LogP contribution in [0.4, 0.5) is 21.9 Å². The standard InChI is InChI=1S/C17H16N4O5S/c1-21(2,17(24)18-10-16(22)23)11-7-8-13-15(9-11)27-14-6-4-3-5-12(14)19(13)20(25)26/h3-9H,10H2,1-2H3,(H-,18,22,23,24)/p+1. The first-order valence-electron chi connectivity index (χ1n) is 7.92. The van der Waals surface area contributed by atoms with Gasteiger partial charge in [-0.3, -0.25) is 10.1 Å². The number of quaternary nitrogens is 1. The fourth-order valence-electron chi connectivity index (χ4n) is 2.72. The highest BCUT2D eigenvalue weighted by atomic mass is 32.2. The third-order valence-corrected chi connectivity index (χ3v) is 5.30. The molecule has 0 aromatic heterocycles. The lowest BCUT2D eigenvalue weighted by atomic mass is 10.2. The Hall–Kier alpha value is -3.11. The maximum absolute atomic E-state index is 12.4. The first kappa shape index (κ1) is 18.7. The van der Waals surface area contributed by atoms with E-state index in [1.54, 1.807) is 56.6 Å². The molecule has 0 fully saturated rings. The molecule has 27 heavy (non-hydrogen) atoms. The first-order valence-corrected chi connectivity index (χ1v) is 8.73. The highest BCUT2D eigenvalue weighted by Crippen LogP contribution is 2.49. The molecule has 1 aliphatic rings. The number of carboxylic acid groups (broad SMARTS) is 1. The van der Waals surface area contributed by atoms with Gasteiger partial charge >= 0.3 is 12.0 Å². The zero-order chi connectivity index (χ0) is 19.8. The van der Waals surface area contributed by atoms with Crippen LogP contribution in [0.25, 0.3) is 0 Å². The van der Waals surface area contributed by atoms with Crippen molar-refractivity contribution in [2.75, 3.05) is 25.6 Å². The largest absolute Gasteiger partial charge is 0.480 e. The number of fused-ring (bicyclic) bond motifs is 2. The van der Waals surface area contributed by atoms with E-state index in [0.717, 1.165) is 9.90 Å². The molecule has 1 aliphatic heterocycles. The Bertz CT molecular complexity index is 947. The average molecular weight is 389 g/mol. The van der Waals surface area contributed by atoms with E-state index >= 15 is 0 Å². The molecule has 0 bridgehead atoms. The number of hydrogen-bond acceptors (Lipinski definition) is 5. The number of carboxylic acids is 1. The molecule has 1 heterocycles. The van der Waals surface area contributed by atoms with E-state index in [1.165, 1.54) is 11.8 Å². The lowest BCUT2D eigenvalue weighted by Gasteiger charge is -2.29. The molecule has 0 unspecified atom stereocenters. The fraction of sp³-hybridized carbons (Fsp3) is 0.176. The van der Waals surface area contributed by atoms with Crippen LogP contribution in [0.1, 0.15) is 0 Å². The number of carbonyl (C=O) groups is 2. The van der Waals surface area contributed by atoms with Crippen molar-refractivity contribution in [2.24, 2.45) is 0 Å². The van der Waals surface area contributed by atoms with Crippen LogP contribution < -0.4 is 14.8 Å². The van der Waals surface area contributed by atoms with Gasteiger partial charge in [0.2, 0.25) is 0 Å². The molecular weight excluding hydrogens is 372 g/mol. The van der Waals surface area contributed by atoms with Crippen LogP contribution in [0.2, 0.25) is 0 Å². The quantitative estimate of drug-likeness (QED) is 0.470. The van der Waals surface area contributed by atoms with Crippen LogP contribution in [0.5, 0.6) is 0 Å². The summed E-state index contributed by atoms with van der Waals surface area (Å²) in [7, 11) is 3.23. The summed E-state index contributed by atoms with van der Waals surface area (Å²) in [6.45, 7) is -0.483. The van der Waals surface area contributed by atoms with E-state index in [1.807, 2.05) is 0 Å². The zero-order valence-corrected chi connectivity index (χ0v) is 15.4. The number of rotatable bonds is 4. The summed E-state index contributed by atoms with van der Waals surface area (Å²) in [4.78, 5) is 36.1. The molecule has 9 nitrogen and oxygen atoms in total. The predicted molar refractivity (Wildman–Crippen MR) is 101 cm³/mol. The Morgan fingerprint density at radius 3 is 2.52 bits per heavy atom. The molecule has 0 atom stereocenters. The van der Waals surface area contributed by atoms with E-state index in [0.29, 0.717) is 22.0 Å². The van der Waals surface area contributed by atoms with Gasteiger partial charge in [0, 0.05) is 21.9 Å². The summed E-state index contributed by atoms with van der Waals surface area (Å²) in [5, 5.41) is 23.3. The van der Waals surface area contributed by atoms with Crippen LogP contribution in [0, 0.1) is 10.1 Å². The molecule has 2 N–H and O–H groups in total. The number of urea groups is 1. The van der Waals surface area contributed by atoms with Gasteiger partial charge in [0.05, 0.1) is 14.1 Å². The van der Waals surface area contributed by atoms with Gasteiger partial charge in [-0.15, -0.1) is 0 Å². The first-order chi connectivity index (χ1) is 12.7. The maximum atomic E-state index is 12.4. The molecule has 10 heteroatoms. The zero-order valence-electron chi connectivity index (χ0n) is 14.6. The highest BCUT2D eigenvalue weighted by Gasteiger charge is 2.35. The minimum atomic E-state index is -1.14. The SMILES string of the molecule is C[N+](C)(C(=O)NCC(=O)O)c1ccc2c(c1)Sc1ccccc1N2[N+](=O)[O-]. The number of nitro groups is 1. The van der Waals surface area contributed by atoms with Crippen molar-refractivity contribution in [2.45, 2.75) is 9.79 Å². The number of hydrazine groups is 1. The van der Waals surface area contributed by atoms with E-state index in [9.17, 15) is 19.7 Å². The lowest BCUT2D eigenvalue weighted by molar-refractivity contribution is -0.484. The van der Waals surface area contributed by atoms with Crippen molar-refractivity contribution in [1.29, 1.82) is 0 Å². The molecule has 0 spiro atoms. The average Bonchev–Trinajstić information content (AvgIpc) is 2.63. The van der Waals surface area contributed by atoms with Crippen molar-refractivity contribution in [1.82, 2.24) is 9.80 Å². The van der Waals surface area contributed by atoms with Crippen LogP contribution in [-0.2, 0) is 4.79 Å². The van der Waals surface area contributed by atoms with Crippen LogP contribution in [0.15, 0.2) is 52.3 Å². The molecule has 3 rings (SSSR count). The number of nitrogens with one attached hydrogen (secondary N) is 1. The number of benzene rings is 2. The highest BCUT2D eigenvalue weighted by molar-refractivity contribution is 7.99. The van der Waals surface area contributed by atoms with Crippen molar-refractivity contribution in [3.05, 3.63) is 52.6 Å². The monoisotopic (exact) mass is 389 g/mol. The Morgan fingerprint density at radius 2 is 1.85 bits per heavy atom. The molecule has 0 saturated carbocycles. The summed E-state index contributed by atoms with van der Waals surface area (Å²) < 4.78 is -0.249. The number of aliphatic carboxylic acids is 1. The Morgan fingerprint density at radius 1 is 1.19 bits per heavy atom. The number of anilines is 2. The van der Waals surface area contributed by atoms with E-state index in [2.05, 4.69) is 5.32 Å². The minimum absolute atomic E-state index is 0.249. The summed E-state index contributed by atoms with van der Waals surface area (Å²) in [5.41, 5.74) is 1.48. The molecule has 2 aromatic rings. The molecule has 140 valence electrons. The second-order valence-corrected chi connectivity index (χ2v) is 7.36. The molecular formula is C17H17N4O5S+. The van der Waals surface area contributed by atoms with Crippen LogP contribution in [-0.4, -0.2) is 42.8 Å². The van der Waals surface area contributed by atoms with Gasteiger partial charge in [-0.2, -0.15) is 0 Å². The molecule has 0 aliphatic carbocycles. The second-order valence-electron chi connectivity index (χ2n) is 6.28. The predicted octanol–water partition coefficient (Wildman–Crippen LogP) is 2.84. The van der Waals surface area contributed by atoms with Crippen molar-refractivity contribution >= 4 is 40.8 Å². The third-order valence-electron chi connectivity index (χ3n) is 4.19. The Labute approximate surface area is 158 Å². The van der Waals surface area contributed by atoms with E-state index in [-0.39, 0.29) is 4.48 Å². The van der Waals surface area contributed by atoms with Gasteiger partial charge in [-0.25, -0.2) is 19.4 Å². The number of hydrogen-bond donors (Lipinski definition) is 2. The smallest absolute Gasteiger partial charge is 0.421 e. The van der Waals surface area contributed by atoms with Gasteiger partial charge in [-0.1, -0.05) is 28.9 Å². The number of amides is 2. The van der Waals surface area contributed by atoms with E-state index in [4.69, 9.17) is 5.11 Å². The van der Waals surface area contributed by atoms with Gasteiger partial charge in [0.15, 0.2) is 5.03 Å². The minimum Gasteiger partial charge on any atom is -0.480 e. The van der Waals surface area contributed by atoms with Crippen molar-refractivity contribution in [3.8, 4) is 0 Å². The maximum Gasteiger partial charge on any atom is 0.421 e. The van der Waals surface area contributed by atoms with Crippen LogP contribution >= 0.6 is 11.8 Å². The number of para-hydroxylation sites is 1. The van der Waals surface area contributed by atoms with Gasteiger partial charge < -0.3 is 5.11 Å². The summed E-state index contributed by atoms with van der Waals surface area (Å²) >= 11 is 1.38. The van der Waals surface area contributed by atoms with Crippen molar-refractivity contribution in [3.63, 3.8) is 0 Å². The molecule has 2 aromatic carbocycles. The summed E-state index contributed by atoms with van der Waals surface area (Å²) in [5.74, 6) is -1.14. The molecule has 0 radical (unpaired) electrons. The van der Waals surface area contributed by atoms with Crippen molar-refractivity contribution < 1.29 is 19.7 Å². The Kier molecular flexibility index (Phi) is 4.77. The van der Waals surface area contributed by atoms with Gasteiger partial charge in [0.1, 0.15) is 23.6 Å². The molecule has 2 amide bonds. The number of carbonyl (C=O) groups excluding carboxylic acids is 1. The fourth-order valence-corrected chi connectivity index (χ4v) is 3.80. The van der Waals surface area contributed by atoms with E-state index < -0.39 is 23.6 Å². The second kappa shape index (κ2) is 6.89. The normalized spacial score (nSPS) is 12.7.